The van der Waals surface area contributed by atoms with E-state index >= 15 is 0 Å². The van der Waals surface area contributed by atoms with Gasteiger partial charge in [-0.25, -0.2) is 9.48 Å². The lowest BCUT2D eigenvalue weighted by Gasteiger charge is -2.12. The largest absolute Gasteiger partial charge is 0.465 e. The molecule has 150 valence electrons. The molecule has 1 heterocycles. The molecule has 3 rings (SSSR count). The Labute approximate surface area is 169 Å². The molecule has 0 unspecified atom stereocenters. The van der Waals surface area contributed by atoms with Crippen LogP contribution in [0.15, 0.2) is 48.5 Å². The summed E-state index contributed by atoms with van der Waals surface area (Å²) in [6.07, 6.45) is 0. The standard InChI is InChI=1S/C22H24N4O3/c1-14-18(22(28)29-4)11-8-12-19(14)23-13-20(27)24-21-15(2)25-26(16(21)3)17-9-6-5-7-10-17/h5-12,23H,13H2,1-4H3,(H,24,27). The van der Waals surface area contributed by atoms with E-state index in [-0.39, 0.29) is 12.5 Å². The molecule has 7 heteroatoms. The molecule has 29 heavy (non-hydrogen) atoms. The van der Waals surface area contributed by atoms with Gasteiger partial charge in [0, 0.05) is 5.69 Å². The van der Waals surface area contributed by atoms with Crippen molar-refractivity contribution in [1.82, 2.24) is 9.78 Å². The number of hydrogen-bond acceptors (Lipinski definition) is 5. The highest BCUT2D eigenvalue weighted by Gasteiger charge is 2.16. The summed E-state index contributed by atoms with van der Waals surface area (Å²) in [6, 6.07) is 15.0. The first-order valence-electron chi connectivity index (χ1n) is 9.25. The Morgan fingerprint density at radius 1 is 1.03 bits per heavy atom. The number of nitrogens with zero attached hydrogens (tertiary/aromatic N) is 2. The van der Waals surface area contributed by atoms with Crippen LogP contribution in [0.25, 0.3) is 5.69 Å². The Bertz CT molecular complexity index is 1040. The highest BCUT2D eigenvalue weighted by atomic mass is 16.5. The molecule has 1 amide bonds. The maximum atomic E-state index is 12.5. The van der Waals surface area contributed by atoms with E-state index in [4.69, 9.17) is 4.74 Å². The van der Waals surface area contributed by atoms with Gasteiger partial charge in [0.1, 0.15) is 0 Å². The number of amides is 1. The van der Waals surface area contributed by atoms with E-state index in [1.165, 1.54) is 7.11 Å². The van der Waals surface area contributed by atoms with Crippen LogP contribution < -0.4 is 10.6 Å². The minimum atomic E-state index is -0.407. The van der Waals surface area contributed by atoms with Gasteiger partial charge in [-0.2, -0.15) is 5.10 Å². The Morgan fingerprint density at radius 2 is 1.76 bits per heavy atom. The van der Waals surface area contributed by atoms with Crippen LogP contribution in [0.4, 0.5) is 11.4 Å². The van der Waals surface area contributed by atoms with Crippen molar-refractivity contribution in [2.24, 2.45) is 0 Å². The van der Waals surface area contributed by atoms with Gasteiger partial charge >= 0.3 is 5.97 Å². The molecule has 0 aliphatic rings. The summed E-state index contributed by atoms with van der Waals surface area (Å²) in [7, 11) is 1.34. The maximum absolute atomic E-state index is 12.5. The number of benzene rings is 2. The molecule has 0 aliphatic carbocycles. The number of para-hydroxylation sites is 1. The summed E-state index contributed by atoms with van der Waals surface area (Å²) in [6.45, 7) is 5.64. The van der Waals surface area contributed by atoms with Crippen molar-refractivity contribution < 1.29 is 14.3 Å². The SMILES string of the molecule is COC(=O)c1cccc(NCC(=O)Nc2c(C)nn(-c3ccccc3)c2C)c1C. The zero-order chi connectivity index (χ0) is 21.0. The Kier molecular flexibility index (Phi) is 5.97. The van der Waals surface area contributed by atoms with E-state index in [0.717, 1.165) is 22.6 Å². The number of hydrogen-bond donors (Lipinski definition) is 2. The Balaban J connectivity index is 1.71. The fourth-order valence-corrected chi connectivity index (χ4v) is 3.16. The summed E-state index contributed by atoms with van der Waals surface area (Å²) in [5.41, 5.74) is 5.12. The minimum Gasteiger partial charge on any atom is -0.465 e. The molecular formula is C22H24N4O3. The molecule has 0 spiro atoms. The fraction of sp³-hybridized carbons (Fsp3) is 0.227. The third-order valence-corrected chi connectivity index (χ3v) is 4.73. The fourth-order valence-electron chi connectivity index (χ4n) is 3.16. The van der Waals surface area contributed by atoms with Crippen LogP contribution >= 0.6 is 0 Å². The zero-order valence-electron chi connectivity index (χ0n) is 16.9. The molecule has 2 aromatic carbocycles. The second-order valence-electron chi connectivity index (χ2n) is 6.66. The van der Waals surface area contributed by atoms with E-state index in [2.05, 4.69) is 15.7 Å². The van der Waals surface area contributed by atoms with Crippen molar-refractivity contribution in [3.63, 3.8) is 0 Å². The van der Waals surface area contributed by atoms with Gasteiger partial charge in [0.2, 0.25) is 5.91 Å². The van der Waals surface area contributed by atoms with Crippen molar-refractivity contribution >= 4 is 23.3 Å². The van der Waals surface area contributed by atoms with Crippen LogP contribution in [-0.2, 0) is 9.53 Å². The van der Waals surface area contributed by atoms with Crippen LogP contribution in [0.5, 0.6) is 0 Å². The van der Waals surface area contributed by atoms with Crippen molar-refractivity contribution in [1.29, 1.82) is 0 Å². The van der Waals surface area contributed by atoms with Gasteiger partial charge < -0.3 is 15.4 Å². The Morgan fingerprint density at radius 3 is 2.45 bits per heavy atom. The topological polar surface area (TPSA) is 85.2 Å². The molecule has 0 saturated carbocycles. The number of carbonyl (C=O) groups is 2. The third kappa shape index (κ3) is 4.29. The second-order valence-corrected chi connectivity index (χ2v) is 6.66. The number of aromatic nitrogens is 2. The molecule has 0 saturated heterocycles. The van der Waals surface area contributed by atoms with Gasteiger partial charge in [-0.05, 0) is 50.6 Å². The van der Waals surface area contributed by atoms with Gasteiger partial charge in [0.15, 0.2) is 0 Å². The average molecular weight is 392 g/mol. The quantitative estimate of drug-likeness (QED) is 0.626. The predicted octanol–water partition coefficient (Wildman–Crippen LogP) is 3.63. The lowest BCUT2D eigenvalue weighted by atomic mass is 10.1. The lowest BCUT2D eigenvalue weighted by Crippen LogP contribution is -2.23. The number of ether oxygens (including phenoxy) is 1. The first kappa shape index (κ1) is 20.1. The van der Waals surface area contributed by atoms with Crippen LogP contribution in [0.1, 0.15) is 27.3 Å². The number of rotatable bonds is 6. The van der Waals surface area contributed by atoms with Gasteiger partial charge in [-0.15, -0.1) is 0 Å². The molecule has 1 aromatic heterocycles. The lowest BCUT2D eigenvalue weighted by molar-refractivity contribution is -0.114. The van der Waals surface area contributed by atoms with Crippen LogP contribution in [0.3, 0.4) is 0 Å². The van der Waals surface area contributed by atoms with Crippen molar-refractivity contribution in [2.75, 3.05) is 24.3 Å². The molecule has 0 atom stereocenters. The maximum Gasteiger partial charge on any atom is 0.338 e. The van der Waals surface area contributed by atoms with Crippen LogP contribution in [-0.4, -0.2) is 35.3 Å². The molecular weight excluding hydrogens is 368 g/mol. The number of carbonyl (C=O) groups excluding carboxylic acids is 2. The number of methoxy groups -OCH3 is 1. The van der Waals surface area contributed by atoms with Gasteiger partial charge in [0.05, 0.1) is 42.0 Å². The van der Waals surface area contributed by atoms with Crippen molar-refractivity contribution in [3.05, 3.63) is 71.0 Å². The molecule has 0 radical (unpaired) electrons. The summed E-state index contributed by atoms with van der Waals surface area (Å²) in [5, 5.41) is 10.5. The van der Waals surface area contributed by atoms with Crippen molar-refractivity contribution in [2.45, 2.75) is 20.8 Å². The molecule has 2 N–H and O–H groups in total. The Hall–Kier alpha value is -3.61. The van der Waals surface area contributed by atoms with Crippen LogP contribution in [0, 0.1) is 20.8 Å². The van der Waals surface area contributed by atoms with E-state index in [0.29, 0.717) is 16.9 Å². The summed E-state index contributed by atoms with van der Waals surface area (Å²) >= 11 is 0. The number of aryl methyl sites for hydroxylation is 1. The number of nitrogens with one attached hydrogen (secondary N) is 2. The monoisotopic (exact) mass is 392 g/mol. The van der Waals surface area contributed by atoms with Crippen molar-refractivity contribution in [3.8, 4) is 5.69 Å². The highest BCUT2D eigenvalue weighted by molar-refractivity contribution is 5.96. The number of esters is 1. The molecule has 3 aromatic rings. The minimum absolute atomic E-state index is 0.0564. The molecule has 0 fully saturated rings. The van der Waals surface area contributed by atoms with E-state index in [9.17, 15) is 9.59 Å². The molecule has 7 nitrogen and oxygen atoms in total. The number of anilines is 2. The molecule has 0 aliphatic heterocycles. The smallest absolute Gasteiger partial charge is 0.338 e. The van der Waals surface area contributed by atoms with Gasteiger partial charge in [0.25, 0.3) is 0 Å². The van der Waals surface area contributed by atoms with Gasteiger partial charge in [-0.3, -0.25) is 4.79 Å². The first-order chi connectivity index (χ1) is 13.9. The summed E-state index contributed by atoms with van der Waals surface area (Å²) in [5.74, 6) is -0.609. The van der Waals surface area contributed by atoms with E-state index in [1.807, 2.05) is 61.9 Å². The highest BCUT2D eigenvalue weighted by Crippen LogP contribution is 2.23. The average Bonchev–Trinajstić information content (AvgIpc) is 3.01. The van der Waals surface area contributed by atoms with Gasteiger partial charge in [-0.1, -0.05) is 24.3 Å². The zero-order valence-corrected chi connectivity index (χ0v) is 16.9. The first-order valence-corrected chi connectivity index (χ1v) is 9.25. The van der Waals surface area contributed by atoms with Crippen LogP contribution in [0.2, 0.25) is 0 Å². The van der Waals surface area contributed by atoms with E-state index in [1.54, 1.807) is 12.1 Å². The summed E-state index contributed by atoms with van der Waals surface area (Å²) in [4.78, 5) is 24.3. The second kappa shape index (κ2) is 8.60. The predicted molar refractivity (Wildman–Crippen MR) is 113 cm³/mol. The molecule has 0 bridgehead atoms. The normalized spacial score (nSPS) is 10.5. The van der Waals surface area contributed by atoms with E-state index < -0.39 is 5.97 Å². The third-order valence-electron chi connectivity index (χ3n) is 4.73. The summed E-state index contributed by atoms with van der Waals surface area (Å²) < 4.78 is 6.59.